The number of nitrogens with zero attached hydrogens (tertiary/aromatic N) is 5. The van der Waals surface area contributed by atoms with Crippen molar-refractivity contribution in [1.29, 1.82) is 0 Å². The van der Waals surface area contributed by atoms with Crippen LogP contribution < -0.4 is 5.56 Å². The summed E-state index contributed by atoms with van der Waals surface area (Å²) in [5.41, 5.74) is -2.14. The smallest absolute Gasteiger partial charge is 0.321 e. The summed E-state index contributed by atoms with van der Waals surface area (Å²) in [4.78, 5) is 21.5. The second-order valence-corrected chi connectivity index (χ2v) is 10.1. The van der Waals surface area contributed by atoms with Gasteiger partial charge in [0.05, 0.1) is 11.3 Å². The lowest BCUT2D eigenvalue weighted by Crippen LogP contribution is -2.26. The predicted molar refractivity (Wildman–Crippen MR) is 107 cm³/mol. The van der Waals surface area contributed by atoms with E-state index < -0.39 is 27.3 Å². The van der Waals surface area contributed by atoms with Gasteiger partial charge in [0.25, 0.3) is 5.56 Å². The molecule has 0 aliphatic carbocycles. The van der Waals surface area contributed by atoms with Crippen molar-refractivity contribution in [3.63, 3.8) is 0 Å². The molecule has 168 valence electrons. The van der Waals surface area contributed by atoms with E-state index in [4.69, 9.17) is 0 Å². The third-order valence-electron chi connectivity index (χ3n) is 5.82. The highest BCUT2D eigenvalue weighted by Crippen LogP contribution is 2.35. The number of pyridine rings is 1. The standard InChI is InChI=1S/C19H22F3N5O3S/c1-5-31(29,30)18-14(24-13-8-10(2)6-7-27(13)18)16-23-11-9-12(19(20,21)22)25(3)17(28)15(11)26(16)4/h9-10H,5-8H2,1-4H3. The maximum absolute atomic E-state index is 13.4. The third-order valence-corrected chi connectivity index (χ3v) is 7.58. The van der Waals surface area contributed by atoms with Gasteiger partial charge in [0, 0.05) is 27.1 Å². The summed E-state index contributed by atoms with van der Waals surface area (Å²) < 4.78 is 69.4. The fraction of sp³-hybridized carbons (Fsp3) is 0.526. The normalized spacial score (nSPS) is 17.3. The highest BCUT2D eigenvalue weighted by molar-refractivity contribution is 7.91. The van der Waals surface area contributed by atoms with Gasteiger partial charge in [0.1, 0.15) is 22.7 Å². The minimum atomic E-state index is -4.74. The van der Waals surface area contributed by atoms with Crippen molar-refractivity contribution in [2.24, 2.45) is 20.0 Å². The van der Waals surface area contributed by atoms with Gasteiger partial charge in [-0.15, -0.1) is 0 Å². The number of aromatic nitrogens is 5. The van der Waals surface area contributed by atoms with E-state index in [1.807, 2.05) is 6.92 Å². The zero-order chi connectivity index (χ0) is 22.9. The number of alkyl halides is 3. The molecule has 0 saturated carbocycles. The number of rotatable bonds is 3. The van der Waals surface area contributed by atoms with Crippen LogP contribution in [0, 0.1) is 5.92 Å². The van der Waals surface area contributed by atoms with E-state index in [1.165, 1.54) is 18.5 Å². The van der Waals surface area contributed by atoms with E-state index in [0.29, 0.717) is 29.3 Å². The second kappa shape index (κ2) is 6.94. The van der Waals surface area contributed by atoms with Crippen LogP contribution in [-0.2, 0) is 43.1 Å². The van der Waals surface area contributed by atoms with Crippen molar-refractivity contribution in [2.45, 2.75) is 44.4 Å². The Labute approximate surface area is 176 Å². The Morgan fingerprint density at radius 3 is 2.48 bits per heavy atom. The Kier molecular flexibility index (Phi) is 4.83. The summed E-state index contributed by atoms with van der Waals surface area (Å²) in [5, 5.41) is 0.00294. The number of hydrogen-bond donors (Lipinski definition) is 0. The van der Waals surface area contributed by atoms with Crippen LogP contribution in [0.4, 0.5) is 13.2 Å². The Balaban J connectivity index is 2.06. The Bertz CT molecular complexity index is 1370. The highest BCUT2D eigenvalue weighted by Gasteiger charge is 2.36. The molecule has 0 bridgehead atoms. The molecule has 0 N–H and O–H groups in total. The fourth-order valence-corrected chi connectivity index (χ4v) is 5.32. The number of imidazole rings is 2. The van der Waals surface area contributed by atoms with Gasteiger partial charge in [-0.05, 0) is 18.4 Å². The van der Waals surface area contributed by atoms with Gasteiger partial charge in [-0.25, -0.2) is 18.4 Å². The number of sulfone groups is 1. The van der Waals surface area contributed by atoms with E-state index in [1.54, 1.807) is 4.57 Å². The van der Waals surface area contributed by atoms with Gasteiger partial charge in [-0.3, -0.25) is 4.79 Å². The van der Waals surface area contributed by atoms with E-state index in [9.17, 15) is 26.4 Å². The Morgan fingerprint density at radius 1 is 1.19 bits per heavy atom. The maximum atomic E-state index is 13.4. The van der Waals surface area contributed by atoms with Gasteiger partial charge in [-0.1, -0.05) is 13.8 Å². The molecule has 0 amide bonds. The SMILES string of the molecule is CCS(=O)(=O)c1c(-c2nc3cc(C(F)(F)F)n(C)c(=O)c3n2C)nc2n1CCC(C)C2. The summed E-state index contributed by atoms with van der Waals surface area (Å²) in [7, 11) is -1.20. The van der Waals surface area contributed by atoms with E-state index in [0.717, 1.165) is 19.5 Å². The number of hydrogen-bond acceptors (Lipinski definition) is 5. The first-order chi connectivity index (χ1) is 14.4. The molecule has 1 unspecified atom stereocenters. The first kappa shape index (κ1) is 21.6. The molecule has 8 nitrogen and oxygen atoms in total. The summed E-state index contributed by atoms with van der Waals surface area (Å²) in [6.45, 7) is 4.04. The second-order valence-electron chi connectivity index (χ2n) is 7.95. The number of fused-ring (bicyclic) bond motifs is 2. The van der Waals surface area contributed by atoms with Crippen LogP contribution in [0.3, 0.4) is 0 Å². The lowest BCUT2D eigenvalue weighted by atomic mass is 10.0. The van der Waals surface area contributed by atoms with Crippen LogP contribution in [-0.4, -0.2) is 37.8 Å². The van der Waals surface area contributed by atoms with Crippen LogP contribution in [0.15, 0.2) is 15.9 Å². The van der Waals surface area contributed by atoms with Crippen molar-refractivity contribution >= 4 is 20.9 Å². The van der Waals surface area contributed by atoms with Gasteiger partial charge in [0.2, 0.25) is 0 Å². The van der Waals surface area contributed by atoms with Crippen LogP contribution in [0.2, 0.25) is 0 Å². The Morgan fingerprint density at radius 2 is 1.87 bits per heavy atom. The first-order valence-electron chi connectivity index (χ1n) is 9.83. The maximum Gasteiger partial charge on any atom is 0.431 e. The van der Waals surface area contributed by atoms with E-state index in [-0.39, 0.29) is 33.3 Å². The lowest BCUT2D eigenvalue weighted by Gasteiger charge is -2.21. The average molecular weight is 457 g/mol. The van der Waals surface area contributed by atoms with Gasteiger partial charge < -0.3 is 13.7 Å². The third kappa shape index (κ3) is 3.27. The summed E-state index contributed by atoms with van der Waals surface area (Å²) >= 11 is 0. The molecular weight excluding hydrogens is 435 g/mol. The monoisotopic (exact) mass is 457 g/mol. The van der Waals surface area contributed by atoms with Crippen molar-refractivity contribution in [3.05, 3.63) is 27.9 Å². The molecular formula is C19H22F3N5O3S. The van der Waals surface area contributed by atoms with Gasteiger partial charge in [-0.2, -0.15) is 13.2 Å². The molecule has 3 aromatic heterocycles. The van der Waals surface area contributed by atoms with Crippen LogP contribution in [0.5, 0.6) is 0 Å². The van der Waals surface area contributed by atoms with Crippen molar-refractivity contribution < 1.29 is 21.6 Å². The minimum Gasteiger partial charge on any atom is -0.321 e. The van der Waals surface area contributed by atoms with Crippen LogP contribution in [0.1, 0.15) is 31.8 Å². The molecule has 1 aliphatic rings. The Hall–Kier alpha value is -2.63. The van der Waals surface area contributed by atoms with Crippen molar-refractivity contribution in [3.8, 4) is 11.5 Å². The summed E-state index contributed by atoms with van der Waals surface area (Å²) in [5.74, 6) is 0.802. The fourth-order valence-electron chi connectivity index (χ4n) is 4.08. The molecule has 0 saturated heterocycles. The summed E-state index contributed by atoms with van der Waals surface area (Å²) in [6, 6.07) is 0.798. The first-order valence-corrected chi connectivity index (χ1v) is 11.5. The molecule has 31 heavy (non-hydrogen) atoms. The van der Waals surface area contributed by atoms with Crippen molar-refractivity contribution in [1.82, 2.24) is 23.7 Å². The lowest BCUT2D eigenvalue weighted by molar-refractivity contribution is -0.143. The number of aryl methyl sites for hydroxylation is 1. The van der Waals surface area contributed by atoms with Gasteiger partial charge >= 0.3 is 6.18 Å². The zero-order valence-electron chi connectivity index (χ0n) is 17.5. The molecule has 1 aliphatic heterocycles. The predicted octanol–water partition coefficient (Wildman–Crippen LogP) is 2.53. The molecule has 0 radical (unpaired) electrons. The molecule has 0 spiro atoms. The molecule has 0 fully saturated rings. The van der Waals surface area contributed by atoms with E-state index in [2.05, 4.69) is 9.97 Å². The zero-order valence-corrected chi connectivity index (χ0v) is 18.3. The molecule has 3 aromatic rings. The minimum absolute atomic E-state index is 0.00294. The quantitative estimate of drug-likeness (QED) is 0.603. The van der Waals surface area contributed by atoms with Gasteiger partial charge in [0.15, 0.2) is 20.7 Å². The summed E-state index contributed by atoms with van der Waals surface area (Å²) in [6.07, 6.45) is -3.37. The largest absolute Gasteiger partial charge is 0.431 e. The topological polar surface area (TPSA) is 91.8 Å². The van der Waals surface area contributed by atoms with Crippen LogP contribution in [0.25, 0.3) is 22.6 Å². The van der Waals surface area contributed by atoms with Crippen LogP contribution >= 0.6 is 0 Å². The average Bonchev–Trinajstić information content (AvgIpc) is 3.21. The van der Waals surface area contributed by atoms with E-state index >= 15 is 0 Å². The molecule has 12 heteroatoms. The highest BCUT2D eigenvalue weighted by atomic mass is 32.2. The molecule has 0 aromatic carbocycles. The molecule has 1 atom stereocenters. The molecule has 4 rings (SSSR count). The van der Waals surface area contributed by atoms with Crippen molar-refractivity contribution in [2.75, 3.05) is 5.75 Å². The number of halogens is 3. The molecule has 4 heterocycles.